The lowest BCUT2D eigenvalue weighted by atomic mass is 9.88. The Balaban J connectivity index is 0.00000176. The molecular weight excluding hydrogens is 302 g/mol. The van der Waals surface area contributed by atoms with Crippen LogP contribution < -0.4 is 10.6 Å². The normalized spacial score (nSPS) is 27.5. The Kier molecular flexibility index (Phi) is 5.08. The fraction of sp³-hybridized carbons (Fsp3) is 0.500. The number of carbonyl (C=O) groups excluding carboxylic acids is 2. The molecule has 0 spiro atoms. The lowest BCUT2D eigenvalue weighted by Gasteiger charge is -2.41. The first kappa shape index (κ1) is 16.8. The number of hydrogen-bond acceptors (Lipinski definition) is 3. The minimum Gasteiger partial charge on any atom is -0.337 e. The highest BCUT2D eigenvalue weighted by atomic mass is 35.5. The number of nitrogens with zero attached hydrogens (tertiary/aromatic N) is 1. The van der Waals surface area contributed by atoms with E-state index in [4.69, 9.17) is 0 Å². The Hall–Kier alpha value is -1.59. The summed E-state index contributed by atoms with van der Waals surface area (Å²) in [5, 5.41) is 6.22. The van der Waals surface area contributed by atoms with Gasteiger partial charge in [-0.05, 0) is 25.5 Å². The van der Waals surface area contributed by atoms with Crippen LogP contribution in [0, 0.1) is 0 Å². The topological polar surface area (TPSA) is 61.4 Å². The molecule has 1 aromatic rings. The number of amides is 2. The fourth-order valence-electron chi connectivity index (χ4n) is 3.20. The molecule has 5 nitrogen and oxygen atoms in total. The summed E-state index contributed by atoms with van der Waals surface area (Å²) in [5.41, 5.74) is 1.70. The fourth-order valence-corrected chi connectivity index (χ4v) is 3.20. The molecule has 2 heterocycles. The lowest BCUT2D eigenvalue weighted by Crippen LogP contribution is -2.58. The van der Waals surface area contributed by atoms with Gasteiger partial charge in [0.15, 0.2) is 0 Å². The zero-order valence-corrected chi connectivity index (χ0v) is 13.7. The highest BCUT2D eigenvalue weighted by molar-refractivity contribution is 6.01. The van der Waals surface area contributed by atoms with Crippen molar-refractivity contribution in [1.29, 1.82) is 0 Å². The smallest absolute Gasteiger partial charge is 0.231 e. The largest absolute Gasteiger partial charge is 0.337 e. The summed E-state index contributed by atoms with van der Waals surface area (Å²) in [6.07, 6.45) is 0.237. The van der Waals surface area contributed by atoms with Gasteiger partial charge >= 0.3 is 0 Å². The van der Waals surface area contributed by atoms with Crippen molar-refractivity contribution in [1.82, 2.24) is 10.2 Å². The van der Waals surface area contributed by atoms with Crippen LogP contribution in [0.2, 0.25) is 0 Å². The summed E-state index contributed by atoms with van der Waals surface area (Å²) < 4.78 is 0. The number of anilines is 1. The zero-order valence-electron chi connectivity index (χ0n) is 12.8. The van der Waals surface area contributed by atoms with Gasteiger partial charge in [0.05, 0.1) is 5.92 Å². The molecule has 22 heavy (non-hydrogen) atoms. The van der Waals surface area contributed by atoms with Crippen LogP contribution in [0.4, 0.5) is 5.69 Å². The van der Waals surface area contributed by atoms with Gasteiger partial charge in [-0.15, -0.1) is 12.4 Å². The van der Waals surface area contributed by atoms with Crippen molar-refractivity contribution < 1.29 is 9.59 Å². The maximum absolute atomic E-state index is 12.9. The van der Waals surface area contributed by atoms with E-state index in [0.717, 1.165) is 17.8 Å². The van der Waals surface area contributed by atoms with Gasteiger partial charge in [0.25, 0.3) is 0 Å². The van der Waals surface area contributed by atoms with E-state index in [9.17, 15) is 9.59 Å². The van der Waals surface area contributed by atoms with Crippen molar-refractivity contribution in [2.75, 3.05) is 18.4 Å². The standard InChI is InChI=1S/C16H21N3O2.ClH/c1-10-11(2)19(8-7-17-10)16(21)13-9-15(20)18-14-6-4-3-5-12(13)14;/h3-6,10-11,13,17H,7-9H2,1-2H3,(H,18,20);1H. The van der Waals surface area contributed by atoms with Gasteiger partial charge in [-0.25, -0.2) is 0 Å². The Labute approximate surface area is 136 Å². The summed E-state index contributed by atoms with van der Waals surface area (Å²) in [6, 6.07) is 8.00. The monoisotopic (exact) mass is 323 g/mol. The number of piperazine rings is 1. The number of carbonyl (C=O) groups is 2. The average Bonchev–Trinajstić information content (AvgIpc) is 2.48. The molecule has 0 bridgehead atoms. The van der Waals surface area contributed by atoms with E-state index in [0.29, 0.717) is 6.54 Å². The predicted molar refractivity (Wildman–Crippen MR) is 88.3 cm³/mol. The molecule has 1 fully saturated rings. The van der Waals surface area contributed by atoms with Crippen LogP contribution in [-0.2, 0) is 9.59 Å². The van der Waals surface area contributed by atoms with Crippen LogP contribution in [0.15, 0.2) is 24.3 Å². The third kappa shape index (κ3) is 2.96. The minimum absolute atomic E-state index is 0. The molecule has 0 radical (unpaired) electrons. The van der Waals surface area contributed by atoms with E-state index in [1.807, 2.05) is 29.2 Å². The number of fused-ring (bicyclic) bond motifs is 1. The van der Waals surface area contributed by atoms with Gasteiger partial charge in [-0.3, -0.25) is 9.59 Å². The maximum atomic E-state index is 12.9. The number of nitrogens with one attached hydrogen (secondary N) is 2. The molecule has 2 amide bonds. The second-order valence-electron chi connectivity index (χ2n) is 5.91. The molecule has 120 valence electrons. The highest BCUT2D eigenvalue weighted by Crippen LogP contribution is 2.34. The highest BCUT2D eigenvalue weighted by Gasteiger charge is 2.37. The van der Waals surface area contributed by atoms with Gasteiger partial charge in [0, 0.05) is 37.3 Å². The second-order valence-corrected chi connectivity index (χ2v) is 5.91. The number of hydrogen-bond donors (Lipinski definition) is 2. The maximum Gasteiger partial charge on any atom is 0.231 e. The molecule has 0 saturated carbocycles. The molecule has 3 unspecified atom stereocenters. The van der Waals surface area contributed by atoms with E-state index < -0.39 is 0 Å². The van der Waals surface area contributed by atoms with Crippen molar-refractivity contribution in [3.63, 3.8) is 0 Å². The van der Waals surface area contributed by atoms with Crippen molar-refractivity contribution >= 4 is 29.9 Å². The van der Waals surface area contributed by atoms with Gasteiger partial charge in [-0.2, -0.15) is 0 Å². The third-order valence-electron chi connectivity index (χ3n) is 4.62. The number of benzene rings is 1. The van der Waals surface area contributed by atoms with E-state index in [-0.39, 0.29) is 48.6 Å². The number of halogens is 1. The molecule has 6 heteroatoms. The third-order valence-corrected chi connectivity index (χ3v) is 4.62. The average molecular weight is 324 g/mol. The van der Waals surface area contributed by atoms with E-state index in [1.54, 1.807) is 0 Å². The first-order valence-electron chi connectivity index (χ1n) is 7.50. The quantitative estimate of drug-likeness (QED) is 0.827. The Morgan fingerprint density at radius 2 is 2.00 bits per heavy atom. The summed E-state index contributed by atoms with van der Waals surface area (Å²) in [4.78, 5) is 26.7. The molecular formula is C16H22ClN3O2. The van der Waals surface area contributed by atoms with Gasteiger partial charge in [0.2, 0.25) is 11.8 Å². The SMILES string of the molecule is CC1NCCN(C(=O)C2CC(=O)Nc3ccccc32)C1C.Cl. The summed E-state index contributed by atoms with van der Waals surface area (Å²) >= 11 is 0. The molecule has 1 saturated heterocycles. The van der Waals surface area contributed by atoms with E-state index >= 15 is 0 Å². The Morgan fingerprint density at radius 1 is 1.27 bits per heavy atom. The summed E-state index contributed by atoms with van der Waals surface area (Å²) in [7, 11) is 0. The van der Waals surface area contributed by atoms with Crippen molar-refractivity contribution in [3.8, 4) is 0 Å². The van der Waals surface area contributed by atoms with Crippen molar-refractivity contribution in [2.45, 2.75) is 38.3 Å². The predicted octanol–water partition coefficient (Wildman–Crippen LogP) is 1.74. The molecule has 3 atom stereocenters. The Morgan fingerprint density at radius 3 is 2.77 bits per heavy atom. The van der Waals surface area contributed by atoms with Gasteiger partial charge in [0.1, 0.15) is 0 Å². The van der Waals surface area contributed by atoms with Gasteiger partial charge in [-0.1, -0.05) is 18.2 Å². The second kappa shape index (κ2) is 6.67. The number of rotatable bonds is 1. The van der Waals surface area contributed by atoms with E-state index in [2.05, 4.69) is 24.5 Å². The molecule has 2 N–H and O–H groups in total. The van der Waals surface area contributed by atoms with Crippen LogP contribution in [0.5, 0.6) is 0 Å². The van der Waals surface area contributed by atoms with Gasteiger partial charge < -0.3 is 15.5 Å². The molecule has 2 aliphatic rings. The first-order valence-corrected chi connectivity index (χ1v) is 7.50. The number of para-hydroxylation sites is 1. The van der Waals surface area contributed by atoms with Crippen LogP contribution in [0.1, 0.15) is 31.7 Å². The van der Waals surface area contributed by atoms with E-state index in [1.165, 1.54) is 0 Å². The van der Waals surface area contributed by atoms with Crippen molar-refractivity contribution in [3.05, 3.63) is 29.8 Å². The minimum atomic E-state index is -0.359. The lowest BCUT2D eigenvalue weighted by molar-refractivity contribution is -0.138. The van der Waals surface area contributed by atoms with Crippen LogP contribution in [0.3, 0.4) is 0 Å². The van der Waals surface area contributed by atoms with Crippen molar-refractivity contribution in [2.24, 2.45) is 0 Å². The molecule has 1 aromatic carbocycles. The zero-order chi connectivity index (χ0) is 15.0. The summed E-state index contributed by atoms with van der Waals surface area (Å²) in [6.45, 7) is 5.65. The summed E-state index contributed by atoms with van der Waals surface area (Å²) in [5.74, 6) is -0.372. The molecule has 0 aliphatic carbocycles. The van der Waals surface area contributed by atoms with Crippen LogP contribution >= 0.6 is 12.4 Å². The van der Waals surface area contributed by atoms with Crippen LogP contribution in [0.25, 0.3) is 0 Å². The Bertz CT molecular complexity index is 578. The molecule has 3 rings (SSSR count). The first-order chi connectivity index (χ1) is 10.1. The molecule has 0 aromatic heterocycles. The molecule has 2 aliphatic heterocycles. The van der Waals surface area contributed by atoms with Crippen LogP contribution in [-0.4, -0.2) is 41.9 Å².